The summed E-state index contributed by atoms with van der Waals surface area (Å²) >= 11 is 0. The summed E-state index contributed by atoms with van der Waals surface area (Å²) < 4.78 is 5.75. The fourth-order valence-electron chi connectivity index (χ4n) is 2.70. The lowest BCUT2D eigenvalue weighted by Crippen LogP contribution is -3.14. The Morgan fingerprint density at radius 1 is 1.00 bits per heavy atom. The fourth-order valence-corrected chi connectivity index (χ4v) is 2.70. The van der Waals surface area contributed by atoms with Crippen molar-refractivity contribution in [1.82, 2.24) is 0 Å². The number of benzene rings is 1. The van der Waals surface area contributed by atoms with E-state index in [9.17, 15) is 5.11 Å². The lowest BCUT2D eigenvalue weighted by molar-refractivity contribution is -0.909. The number of hydrogen-bond acceptors (Lipinski definition) is 2. The van der Waals surface area contributed by atoms with Gasteiger partial charge in [-0.05, 0) is 18.6 Å². The summed E-state index contributed by atoms with van der Waals surface area (Å²) in [5, 5.41) is 10.3. The molecule has 0 fully saturated rings. The van der Waals surface area contributed by atoms with Crippen LogP contribution in [0.2, 0.25) is 0 Å². The van der Waals surface area contributed by atoms with Gasteiger partial charge in [0, 0.05) is 11.8 Å². The highest BCUT2D eigenvalue weighted by atomic mass is 16.5. The van der Waals surface area contributed by atoms with Gasteiger partial charge in [-0.15, -0.1) is 0 Å². The molecule has 1 aromatic rings. The molecule has 0 aliphatic rings. The van der Waals surface area contributed by atoms with E-state index in [1.165, 1.54) is 4.90 Å². The van der Waals surface area contributed by atoms with Crippen LogP contribution in [0.3, 0.4) is 0 Å². The van der Waals surface area contributed by atoms with Crippen LogP contribution in [-0.4, -0.2) is 37.5 Å². The molecule has 0 amide bonds. The van der Waals surface area contributed by atoms with Crippen molar-refractivity contribution >= 4 is 0 Å². The second-order valence-corrected chi connectivity index (χ2v) is 6.88. The summed E-state index contributed by atoms with van der Waals surface area (Å²) in [7, 11) is 0. The maximum absolute atomic E-state index is 10.3. The molecular formula is C18H32NO2+. The molecule has 0 spiro atoms. The van der Waals surface area contributed by atoms with Crippen molar-refractivity contribution in [3.8, 4) is 5.75 Å². The number of ether oxygens (including phenoxy) is 1. The first kappa shape index (κ1) is 18.0. The molecule has 1 rings (SSSR count). The van der Waals surface area contributed by atoms with Crippen LogP contribution in [0.1, 0.15) is 33.3 Å². The van der Waals surface area contributed by atoms with Crippen LogP contribution in [0.25, 0.3) is 0 Å². The van der Waals surface area contributed by atoms with Gasteiger partial charge in [-0.25, -0.2) is 0 Å². The van der Waals surface area contributed by atoms with E-state index in [-0.39, 0.29) is 0 Å². The van der Waals surface area contributed by atoms with Crippen LogP contribution in [0.4, 0.5) is 0 Å². The van der Waals surface area contributed by atoms with E-state index < -0.39 is 6.10 Å². The minimum absolute atomic E-state index is 0.366. The summed E-state index contributed by atoms with van der Waals surface area (Å²) in [5.41, 5.74) is 1.11. The zero-order valence-corrected chi connectivity index (χ0v) is 14.2. The number of aliphatic hydroxyl groups is 1. The molecule has 0 heterocycles. The maximum atomic E-state index is 10.3. The first-order valence-corrected chi connectivity index (χ1v) is 8.08. The van der Waals surface area contributed by atoms with Crippen LogP contribution < -0.4 is 9.64 Å². The summed E-state index contributed by atoms with van der Waals surface area (Å²) in [6.07, 6.45) is -0.419. The van der Waals surface area contributed by atoms with Crippen LogP contribution in [-0.2, 0) is 0 Å². The van der Waals surface area contributed by atoms with E-state index in [2.05, 4.69) is 27.7 Å². The summed E-state index contributed by atoms with van der Waals surface area (Å²) in [6.45, 7) is 14.3. The lowest BCUT2D eigenvalue weighted by atomic mass is 10.1. The van der Waals surface area contributed by atoms with E-state index >= 15 is 0 Å². The molecule has 0 saturated carbocycles. The maximum Gasteiger partial charge on any atom is 0.137 e. The monoisotopic (exact) mass is 294 g/mol. The van der Waals surface area contributed by atoms with Gasteiger partial charge in [-0.2, -0.15) is 0 Å². The van der Waals surface area contributed by atoms with Crippen molar-refractivity contribution in [1.29, 1.82) is 0 Å². The topological polar surface area (TPSA) is 33.9 Å². The van der Waals surface area contributed by atoms with Crippen molar-refractivity contribution < 1.29 is 14.7 Å². The SMILES string of the molecule is Cc1ccccc1OC[C@@H](O)C[NH+](CC(C)C)CC(C)C. The Kier molecular flexibility index (Phi) is 7.76. The molecule has 2 N–H and O–H groups in total. The van der Waals surface area contributed by atoms with Crippen LogP contribution in [0.5, 0.6) is 5.75 Å². The van der Waals surface area contributed by atoms with Gasteiger partial charge in [0.05, 0.1) is 13.1 Å². The summed E-state index contributed by atoms with van der Waals surface area (Å²) in [6, 6.07) is 7.94. The number of aliphatic hydroxyl groups excluding tert-OH is 1. The van der Waals surface area contributed by atoms with Crippen molar-refractivity contribution in [2.45, 2.75) is 40.7 Å². The van der Waals surface area contributed by atoms with E-state index in [0.717, 1.165) is 30.9 Å². The van der Waals surface area contributed by atoms with Crippen LogP contribution in [0.15, 0.2) is 24.3 Å². The van der Waals surface area contributed by atoms with Gasteiger partial charge in [0.15, 0.2) is 0 Å². The number of quaternary nitrogens is 1. The number of hydrogen-bond donors (Lipinski definition) is 2. The van der Waals surface area contributed by atoms with Crippen molar-refractivity contribution in [2.24, 2.45) is 11.8 Å². The van der Waals surface area contributed by atoms with Gasteiger partial charge < -0.3 is 14.7 Å². The third kappa shape index (κ3) is 7.49. The molecule has 0 aliphatic heterocycles. The van der Waals surface area contributed by atoms with Gasteiger partial charge in [0.25, 0.3) is 0 Å². The van der Waals surface area contributed by atoms with E-state index in [4.69, 9.17) is 4.74 Å². The Morgan fingerprint density at radius 2 is 1.57 bits per heavy atom. The molecule has 120 valence electrons. The third-order valence-corrected chi connectivity index (χ3v) is 3.44. The Hall–Kier alpha value is -1.06. The van der Waals surface area contributed by atoms with Crippen molar-refractivity contribution in [2.75, 3.05) is 26.2 Å². The number of para-hydroxylation sites is 1. The Bertz CT molecular complexity index is 394. The molecule has 3 nitrogen and oxygen atoms in total. The highest BCUT2D eigenvalue weighted by Gasteiger charge is 2.18. The predicted octanol–water partition coefficient (Wildman–Crippen LogP) is 1.93. The Balaban J connectivity index is 2.46. The minimum atomic E-state index is -0.419. The average Bonchev–Trinajstić information content (AvgIpc) is 2.36. The quantitative estimate of drug-likeness (QED) is 0.730. The Morgan fingerprint density at radius 3 is 2.10 bits per heavy atom. The van der Waals surface area contributed by atoms with Crippen molar-refractivity contribution in [3.63, 3.8) is 0 Å². The average molecular weight is 294 g/mol. The third-order valence-electron chi connectivity index (χ3n) is 3.44. The second kappa shape index (κ2) is 9.06. The molecule has 0 aromatic heterocycles. The molecule has 1 aromatic carbocycles. The second-order valence-electron chi connectivity index (χ2n) is 6.88. The van der Waals surface area contributed by atoms with E-state index in [1.807, 2.05) is 31.2 Å². The normalized spacial score (nSPS) is 13.2. The number of aryl methyl sites for hydroxylation is 1. The largest absolute Gasteiger partial charge is 0.490 e. The minimum Gasteiger partial charge on any atom is -0.490 e. The zero-order chi connectivity index (χ0) is 15.8. The molecule has 0 bridgehead atoms. The molecular weight excluding hydrogens is 262 g/mol. The predicted molar refractivity (Wildman–Crippen MR) is 87.9 cm³/mol. The fraction of sp³-hybridized carbons (Fsp3) is 0.667. The lowest BCUT2D eigenvalue weighted by Gasteiger charge is -2.25. The van der Waals surface area contributed by atoms with Crippen LogP contribution in [0, 0.1) is 18.8 Å². The van der Waals surface area contributed by atoms with Gasteiger partial charge >= 0.3 is 0 Å². The molecule has 1 atom stereocenters. The molecule has 0 unspecified atom stereocenters. The Labute approximate surface area is 129 Å². The molecule has 3 heteroatoms. The standard InChI is InChI=1S/C18H31NO2/c1-14(2)10-19(11-15(3)4)12-17(20)13-21-18-9-7-6-8-16(18)5/h6-9,14-15,17,20H,10-13H2,1-5H3/p+1/t17-/m0/s1. The van der Waals surface area contributed by atoms with Gasteiger partial charge in [-0.1, -0.05) is 45.9 Å². The zero-order valence-electron chi connectivity index (χ0n) is 14.2. The summed E-state index contributed by atoms with van der Waals surface area (Å²) in [5.74, 6) is 2.15. The van der Waals surface area contributed by atoms with Crippen molar-refractivity contribution in [3.05, 3.63) is 29.8 Å². The molecule has 0 aliphatic carbocycles. The van der Waals surface area contributed by atoms with Crippen LogP contribution >= 0.6 is 0 Å². The smallest absolute Gasteiger partial charge is 0.137 e. The molecule has 21 heavy (non-hydrogen) atoms. The summed E-state index contributed by atoms with van der Waals surface area (Å²) in [4.78, 5) is 1.46. The van der Waals surface area contributed by atoms with E-state index in [0.29, 0.717) is 18.4 Å². The first-order chi connectivity index (χ1) is 9.88. The van der Waals surface area contributed by atoms with E-state index in [1.54, 1.807) is 0 Å². The van der Waals surface area contributed by atoms with Gasteiger partial charge in [0.1, 0.15) is 25.0 Å². The molecule has 0 radical (unpaired) electrons. The molecule has 0 saturated heterocycles. The number of nitrogens with one attached hydrogen (secondary N) is 1. The first-order valence-electron chi connectivity index (χ1n) is 8.08. The number of rotatable bonds is 9. The highest BCUT2D eigenvalue weighted by Crippen LogP contribution is 2.16. The van der Waals surface area contributed by atoms with Gasteiger partial charge in [-0.3, -0.25) is 0 Å². The van der Waals surface area contributed by atoms with Gasteiger partial charge in [0.2, 0.25) is 0 Å². The highest BCUT2D eigenvalue weighted by molar-refractivity contribution is 5.31.